The van der Waals surface area contributed by atoms with Crippen molar-refractivity contribution in [3.05, 3.63) is 22.8 Å². The van der Waals surface area contributed by atoms with Crippen molar-refractivity contribution >= 4 is 40.3 Å². The van der Waals surface area contributed by atoms with E-state index in [1.807, 2.05) is 24.0 Å². The Kier molecular flexibility index (Phi) is 5.90. The molecule has 1 aliphatic rings. The Bertz CT molecular complexity index is 376. The van der Waals surface area contributed by atoms with Crippen LogP contribution in [0.25, 0.3) is 0 Å². The van der Waals surface area contributed by atoms with Gasteiger partial charge in [-0.25, -0.2) is 4.98 Å². The first kappa shape index (κ1) is 14.7. The van der Waals surface area contributed by atoms with Crippen LogP contribution >= 0.6 is 40.3 Å². The van der Waals surface area contributed by atoms with Crippen molar-refractivity contribution < 1.29 is 0 Å². The van der Waals surface area contributed by atoms with Crippen molar-refractivity contribution in [1.29, 1.82) is 0 Å². The van der Waals surface area contributed by atoms with Gasteiger partial charge in [0.2, 0.25) is 0 Å². The SMILES string of the molecule is SCC1(CSc2ncccc2Br)CCCCCC1. The third kappa shape index (κ3) is 3.91. The largest absolute Gasteiger partial charge is 0.249 e. The van der Waals surface area contributed by atoms with Crippen LogP contribution in [0, 0.1) is 5.41 Å². The van der Waals surface area contributed by atoms with E-state index in [9.17, 15) is 0 Å². The third-order valence-corrected chi connectivity index (χ3v) is 6.67. The molecule has 0 bridgehead atoms. The lowest BCUT2D eigenvalue weighted by Crippen LogP contribution is -2.25. The Balaban J connectivity index is 2.00. The first-order valence-electron chi connectivity index (χ1n) is 6.60. The minimum absolute atomic E-state index is 0.418. The second-order valence-electron chi connectivity index (χ2n) is 5.15. The fourth-order valence-electron chi connectivity index (χ4n) is 2.53. The highest BCUT2D eigenvalue weighted by Gasteiger charge is 2.29. The van der Waals surface area contributed by atoms with Gasteiger partial charge in [0, 0.05) is 16.4 Å². The first-order valence-corrected chi connectivity index (χ1v) is 9.01. The summed E-state index contributed by atoms with van der Waals surface area (Å²) in [6.45, 7) is 0. The molecule has 1 fully saturated rings. The van der Waals surface area contributed by atoms with Gasteiger partial charge in [-0.3, -0.25) is 0 Å². The van der Waals surface area contributed by atoms with E-state index in [-0.39, 0.29) is 0 Å². The maximum absolute atomic E-state index is 4.62. The summed E-state index contributed by atoms with van der Waals surface area (Å²) in [5.41, 5.74) is 0.418. The van der Waals surface area contributed by atoms with Crippen LogP contribution in [0.15, 0.2) is 27.8 Å². The zero-order valence-electron chi connectivity index (χ0n) is 10.6. The van der Waals surface area contributed by atoms with Crippen LogP contribution in [-0.2, 0) is 0 Å². The normalized spacial score (nSPS) is 19.4. The highest BCUT2D eigenvalue weighted by atomic mass is 79.9. The monoisotopic (exact) mass is 345 g/mol. The highest BCUT2D eigenvalue weighted by Crippen LogP contribution is 2.41. The van der Waals surface area contributed by atoms with E-state index >= 15 is 0 Å². The van der Waals surface area contributed by atoms with Gasteiger partial charge in [0.15, 0.2) is 0 Å². The molecule has 0 amide bonds. The number of nitrogens with zero attached hydrogens (tertiary/aromatic N) is 1. The summed E-state index contributed by atoms with van der Waals surface area (Å²) in [5, 5.41) is 1.11. The molecular formula is C14H20BrNS2. The third-order valence-electron chi connectivity index (χ3n) is 3.74. The number of aromatic nitrogens is 1. The second kappa shape index (κ2) is 7.20. The van der Waals surface area contributed by atoms with Crippen molar-refractivity contribution in [3.8, 4) is 0 Å². The molecular weight excluding hydrogens is 326 g/mol. The fraction of sp³-hybridized carbons (Fsp3) is 0.643. The molecule has 1 aromatic rings. The van der Waals surface area contributed by atoms with Gasteiger partial charge in [0.25, 0.3) is 0 Å². The van der Waals surface area contributed by atoms with Crippen LogP contribution in [0.5, 0.6) is 0 Å². The van der Waals surface area contributed by atoms with Crippen molar-refractivity contribution in [2.45, 2.75) is 43.6 Å². The topological polar surface area (TPSA) is 12.9 Å². The molecule has 0 spiro atoms. The predicted octanol–water partition coefficient (Wildman–Crippen LogP) is 5.21. The van der Waals surface area contributed by atoms with Gasteiger partial charge in [0.05, 0.1) is 0 Å². The molecule has 0 unspecified atom stereocenters. The van der Waals surface area contributed by atoms with E-state index in [0.29, 0.717) is 5.41 Å². The summed E-state index contributed by atoms with van der Waals surface area (Å²) in [5.74, 6) is 2.15. The molecule has 0 saturated heterocycles. The van der Waals surface area contributed by atoms with E-state index < -0.39 is 0 Å². The highest BCUT2D eigenvalue weighted by molar-refractivity contribution is 9.10. The maximum Gasteiger partial charge on any atom is 0.110 e. The second-order valence-corrected chi connectivity index (χ2v) is 7.29. The first-order chi connectivity index (χ1) is 8.76. The average molecular weight is 346 g/mol. The van der Waals surface area contributed by atoms with Crippen molar-refractivity contribution in [2.75, 3.05) is 11.5 Å². The van der Waals surface area contributed by atoms with E-state index in [1.54, 1.807) is 0 Å². The molecule has 0 atom stereocenters. The Morgan fingerprint density at radius 2 is 2.00 bits per heavy atom. The molecule has 0 N–H and O–H groups in total. The number of hydrogen-bond acceptors (Lipinski definition) is 3. The van der Waals surface area contributed by atoms with Crippen LogP contribution in [0.3, 0.4) is 0 Å². The molecule has 18 heavy (non-hydrogen) atoms. The lowest BCUT2D eigenvalue weighted by molar-refractivity contribution is 0.332. The molecule has 0 aliphatic heterocycles. The average Bonchev–Trinajstić information content (AvgIpc) is 2.64. The molecule has 2 rings (SSSR count). The molecule has 1 heterocycles. The summed E-state index contributed by atoms with van der Waals surface area (Å²) in [6, 6.07) is 4.03. The van der Waals surface area contributed by atoms with E-state index in [0.717, 1.165) is 21.0 Å². The Morgan fingerprint density at radius 3 is 2.61 bits per heavy atom. The van der Waals surface area contributed by atoms with Gasteiger partial charge in [-0.1, -0.05) is 25.7 Å². The molecule has 100 valence electrons. The summed E-state index contributed by atoms with van der Waals surface area (Å²) in [7, 11) is 0. The van der Waals surface area contributed by atoms with Crippen molar-refractivity contribution in [2.24, 2.45) is 5.41 Å². The molecule has 4 heteroatoms. The minimum Gasteiger partial charge on any atom is -0.249 e. The number of thiol groups is 1. The Labute approximate surface area is 128 Å². The standard InChI is InChI=1S/C14H20BrNS2/c15-12-6-5-9-16-13(12)18-11-14(10-17)7-3-1-2-4-8-14/h5-6,9,17H,1-4,7-8,10-11H2. The van der Waals surface area contributed by atoms with E-state index in [2.05, 4.69) is 39.6 Å². The van der Waals surface area contributed by atoms with Gasteiger partial charge in [-0.2, -0.15) is 12.6 Å². The predicted molar refractivity (Wildman–Crippen MR) is 86.6 cm³/mol. The van der Waals surface area contributed by atoms with Gasteiger partial charge in [-0.05, 0) is 52.1 Å². The number of pyridine rings is 1. The Morgan fingerprint density at radius 1 is 1.28 bits per heavy atom. The van der Waals surface area contributed by atoms with Crippen LogP contribution in [0.2, 0.25) is 0 Å². The van der Waals surface area contributed by atoms with E-state index in [4.69, 9.17) is 0 Å². The molecule has 0 aromatic carbocycles. The summed E-state index contributed by atoms with van der Waals surface area (Å²) in [4.78, 5) is 4.44. The lowest BCUT2D eigenvalue weighted by atomic mass is 9.84. The van der Waals surface area contributed by atoms with E-state index in [1.165, 1.54) is 38.5 Å². The van der Waals surface area contributed by atoms with Crippen molar-refractivity contribution in [3.63, 3.8) is 0 Å². The summed E-state index contributed by atoms with van der Waals surface area (Å²) in [6.07, 6.45) is 10.0. The molecule has 1 aliphatic carbocycles. The van der Waals surface area contributed by atoms with Crippen LogP contribution < -0.4 is 0 Å². The van der Waals surface area contributed by atoms with Crippen LogP contribution in [0.1, 0.15) is 38.5 Å². The summed E-state index contributed by atoms with van der Waals surface area (Å²) < 4.78 is 1.11. The zero-order chi connectivity index (χ0) is 12.8. The number of rotatable bonds is 4. The minimum atomic E-state index is 0.418. The number of hydrogen-bond donors (Lipinski definition) is 1. The zero-order valence-corrected chi connectivity index (χ0v) is 13.9. The van der Waals surface area contributed by atoms with Gasteiger partial charge >= 0.3 is 0 Å². The van der Waals surface area contributed by atoms with Crippen LogP contribution in [0.4, 0.5) is 0 Å². The van der Waals surface area contributed by atoms with Gasteiger partial charge in [-0.15, -0.1) is 11.8 Å². The summed E-state index contributed by atoms with van der Waals surface area (Å²) >= 11 is 10.1. The number of thioether (sulfide) groups is 1. The fourth-order valence-corrected chi connectivity index (χ4v) is 4.88. The smallest absolute Gasteiger partial charge is 0.110 e. The van der Waals surface area contributed by atoms with Gasteiger partial charge < -0.3 is 0 Å². The molecule has 1 saturated carbocycles. The Hall–Kier alpha value is 0.330. The molecule has 1 nitrogen and oxygen atoms in total. The number of halogens is 1. The van der Waals surface area contributed by atoms with Crippen LogP contribution in [-0.4, -0.2) is 16.5 Å². The lowest BCUT2D eigenvalue weighted by Gasteiger charge is -2.30. The van der Waals surface area contributed by atoms with Crippen molar-refractivity contribution in [1.82, 2.24) is 4.98 Å². The molecule has 1 aromatic heterocycles. The maximum atomic E-state index is 4.62. The van der Waals surface area contributed by atoms with Gasteiger partial charge in [0.1, 0.15) is 5.03 Å². The molecule has 0 radical (unpaired) electrons. The quantitative estimate of drug-likeness (QED) is 0.457.